The largest absolute Gasteiger partial charge is 0.493 e. The molecule has 1 saturated heterocycles. The van der Waals surface area contributed by atoms with Crippen LogP contribution in [0.5, 0.6) is 11.5 Å². The quantitative estimate of drug-likeness (QED) is 0.279. The first-order valence-electron chi connectivity index (χ1n) is 10.4. The van der Waals surface area contributed by atoms with Crippen LogP contribution in [0.15, 0.2) is 47.4 Å². The highest BCUT2D eigenvalue weighted by Gasteiger charge is 2.36. The molecule has 1 heterocycles. The number of esters is 1. The molecular formula is C24H24FNO6S. The van der Waals surface area contributed by atoms with Crippen molar-refractivity contribution in [1.29, 1.82) is 0 Å². The molecule has 174 valence electrons. The van der Waals surface area contributed by atoms with E-state index in [9.17, 15) is 18.8 Å². The molecule has 0 atom stereocenters. The normalized spacial score (nSPS) is 14.6. The second-order valence-electron chi connectivity index (χ2n) is 7.13. The maximum atomic E-state index is 13.8. The number of imide groups is 1. The van der Waals surface area contributed by atoms with Gasteiger partial charge in [-0.05, 0) is 48.0 Å². The van der Waals surface area contributed by atoms with Crippen LogP contribution < -0.4 is 9.47 Å². The Balaban J connectivity index is 1.68. The Morgan fingerprint density at radius 2 is 1.94 bits per heavy atom. The van der Waals surface area contributed by atoms with Crippen LogP contribution in [0, 0.1) is 5.82 Å². The van der Waals surface area contributed by atoms with Crippen molar-refractivity contribution in [3.63, 3.8) is 0 Å². The third-order valence-electron chi connectivity index (χ3n) is 4.75. The molecule has 1 aliphatic rings. The zero-order valence-corrected chi connectivity index (χ0v) is 19.2. The number of hydrogen-bond acceptors (Lipinski definition) is 7. The SMILES string of the molecule is CCCCOC(=O)CN1C(=O)S/C(=C/c2ccc(OCc3ccccc3F)c(OC)c2)C1=O. The average Bonchev–Trinajstić information content (AvgIpc) is 3.06. The van der Waals surface area contributed by atoms with Crippen LogP contribution in [-0.4, -0.2) is 42.3 Å². The minimum absolute atomic E-state index is 0.0234. The summed E-state index contributed by atoms with van der Waals surface area (Å²) in [6.07, 6.45) is 3.12. The fourth-order valence-electron chi connectivity index (χ4n) is 2.96. The first-order valence-corrected chi connectivity index (χ1v) is 11.2. The van der Waals surface area contributed by atoms with Crippen molar-refractivity contribution in [2.24, 2.45) is 0 Å². The average molecular weight is 474 g/mol. The Morgan fingerprint density at radius 1 is 1.15 bits per heavy atom. The minimum atomic E-state index is -0.620. The Labute approximate surface area is 195 Å². The minimum Gasteiger partial charge on any atom is -0.493 e. The van der Waals surface area contributed by atoms with Crippen LogP contribution in [0.25, 0.3) is 6.08 Å². The van der Waals surface area contributed by atoms with E-state index in [1.54, 1.807) is 36.4 Å². The third kappa shape index (κ3) is 6.35. The van der Waals surface area contributed by atoms with Gasteiger partial charge < -0.3 is 14.2 Å². The number of methoxy groups -OCH3 is 1. The van der Waals surface area contributed by atoms with Crippen LogP contribution in [0.3, 0.4) is 0 Å². The molecule has 2 aromatic carbocycles. The van der Waals surface area contributed by atoms with E-state index in [0.717, 1.165) is 29.5 Å². The first-order chi connectivity index (χ1) is 15.9. The number of carbonyl (C=O) groups excluding carboxylic acids is 3. The van der Waals surface area contributed by atoms with E-state index < -0.39 is 23.7 Å². The van der Waals surface area contributed by atoms with Crippen LogP contribution >= 0.6 is 11.8 Å². The van der Waals surface area contributed by atoms with Crippen molar-refractivity contribution < 1.29 is 33.0 Å². The second-order valence-corrected chi connectivity index (χ2v) is 8.13. The lowest BCUT2D eigenvalue weighted by Gasteiger charge is -2.12. The number of ether oxygens (including phenoxy) is 3. The van der Waals surface area contributed by atoms with Gasteiger partial charge in [-0.25, -0.2) is 4.39 Å². The maximum absolute atomic E-state index is 13.8. The predicted octanol–water partition coefficient (Wildman–Crippen LogP) is 4.79. The van der Waals surface area contributed by atoms with Crippen LogP contribution in [-0.2, 0) is 20.9 Å². The second kappa shape index (κ2) is 11.5. The van der Waals surface area contributed by atoms with E-state index in [0.29, 0.717) is 22.6 Å². The number of halogens is 1. The summed E-state index contributed by atoms with van der Waals surface area (Å²) in [5, 5.41) is -0.532. The number of thioether (sulfide) groups is 1. The molecule has 1 fully saturated rings. The summed E-state index contributed by atoms with van der Waals surface area (Å²) in [6, 6.07) is 11.3. The molecule has 0 N–H and O–H groups in total. The van der Waals surface area contributed by atoms with Crippen molar-refractivity contribution in [2.75, 3.05) is 20.3 Å². The van der Waals surface area contributed by atoms with Gasteiger partial charge in [0.15, 0.2) is 11.5 Å². The number of rotatable bonds is 10. The van der Waals surface area contributed by atoms with Gasteiger partial charge in [-0.3, -0.25) is 19.3 Å². The van der Waals surface area contributed by atoms with Gasteiger partial charge in [-0.1, -0.05) is 37.6 Å². The lowest BCUT2D eigenvalue weighted by atomic mass is 10.1. The summed E-state index contributed by atoms with van der Waals surface area (Å²) in [7, 11) is 1.47. The number of benzene rings is 2. The summed E-state index contributed by atoms with van der Waals surface area (Å²) in [5.41, 5.74) is 1.01. The fraction of sp³-hybridized carbons (Fsp3) is 0.292. The molecule has 0 aliphatic carbocycles. The van der Waals surface area contributed by atoms with Gasteiger partial charge in [0.05, 0.1) is 18.6 Å². The van der Waals surface area contributed by atoms with E-state index in [1.807, 2.05) is 6.92 Å². The summed E-state index contributed by atoms with van der Waals surface area (Å²) in [4.78, 5) is 37.8. The number of unbranched alkanes of at least 4 members (excludes halogenated alkanes) is 1. The van der Waals surface area contributed by atoms with Crippen molar-refractivity contribution in [3.8, 4) is 11.5 Å². The smallest absolute Gasteiger partial charge is 0.326 e. The zero-order valence-electron chi connectivity index (χ0n) is 18.3. The van der Waals surface area contributed by atoms with Gasteiger partial charge in [0, 0.05) is 5.56 Å². The van der Waals surface area contributed by atoms with Gasteiger partial charge in [0.25, 0.3) is 11.1 Å². The van der Waals surface area contributed by atoms with Gasteiger partial charge in [0.2, 0.25) is 0 Å². The Bertz CT molecular complexity index is 1070. The molecule has 0 unspecified atom stereocenters. The molecule has 2 amide bonds. The van der Waals surface area contributed by atoms with Crippen molar-refractivity contribution in [3.05, 3.63) is 64.3 Å². The summed E-state index contributed by atoms with van der Waals surface area (Å²) in [6.45, 7) is 1.83. The summed E-state index contributed by atoms with van der Waals surface area (Å²) >= 11 is 0.751. The van der Waals surface area contributed by atoms with Crippen molar-refractivity contribution in [2.45, 2.75) is 26.4 Å². The molecule has 7 nitrogen and oxygen atoms in total. The van der Waals surface area contributed by atoms with Crippen molar-refractivity contribution in [1.82, 2.24) is 4.90 Å². The van der Waals surface area contributed by atoms with Crippen molar-refractivity contribution >= 4 is 35.0 Å². The van der Waals surface area contributed by atoms with Gasteiger partial charge in [-0.15, -0.1) is 0 Å². The molecule has 33 heavy (non-hydrogen) atoms. The van der Waals surface area contributed by atoms with E-state index in [-0.39, 0.29) is 23.9 Å². The Morgan fingerprint density at radius 3 is 2.67 bits per heavy atom. The van der Waals surface area contributed by atoms with E-state index in [1.165, 1.54) is 19.3 Å². The molecule has 0 saturated carbocycles. The molecule has 0 aromatic heterocycles. The van der Waals surface area contributed by atoms with Gasteiger partial charge >= 0.3 is 5.97 Å². The highest BCUT2D eigenvalue weighted by atomic mass is 32.2. The zero-order chi connectivity index (χ0) is 23.8. The Kier molecular flexibility index (Phi) is 8.48. The van der Waals surface area contributed by atoms with E-state index in [4.69, 9.17) is 14.2 Å². The Hall–Kier alpha value is -3.33. The molecular weight excluding hydrogens is 449 g/mol. The molecule has 3 rings (SSSR count). The lowest BCUT2D eigenvalue weighted by Crippen LogP contribution is -2.34. The topological polar surface area (TPSA) is 82.1 Å². The number of carbonyl (C=O) groups is 3. The highest BCUT2D eigenvalue weighted by molar-refractivity contribution is 8.18. The molecule has 1 aliphatic heterocycles. The number of hydrogen-bond donors (Lipinski definition) is 0. The predicted molar refractivity (Wildman–Crippen MR) is 122 cm³/mol. The maximum Gasteiger partial charge on any atom is 0.326 e. The number of nitrogens with zero attached hydrogens (tertiary/aromatic N) is 1. The van der Waals surface area contributed by atoms with E-state index >= 15 is 0 Å². The first kappa shape index (κ1) is 24.3. The number of amides is 2. The fourth-order valence-corrected chi connectivity index (χ4v) is 3.80. The molecule has 0 bridgehead atoms. The van der Waals surface area contributed by atoms with Gasteiger partial charge in [0.1, 0.15) is 19.0 Å². The lowest BCUT2D eigenvalue weighted by molar-refractivity contribution is -0.146. The highest BCUT2D eigenvalue weighted by Crippen LogP contribution is 2.34. The van der Waals surface area contributed by atoms with E-state index in [2.05, 4.69) is 0 Å². The monoisotopic (exact) mass is 473 g/mol. The summed E-state index contributed by atoms with van der Waals surface area (Å²) < 4.78 is 29.9. The van der Waals surface area contributed by atoms with Crippen LogP contribution in [0.4, 0.5) is 9.18 Å². The summed E-state index contributed by atoms with van der Waals surface area (Å²) in [5.74, 6) is -0.751. The molecule has 0 radical (unpaired) electrons. The molecule has 2 aromatic rings. The third-order valence-corrected chi connectivity index (χ3v) is 5.66. The van der Waals surface area contributed by atoms with Gasteiger partial charge in [-0.2, -0.15) is 0 Å². The molecule has 9 heteroatoms. The standard InChI is InChI=1S/C24H24FNO6S/c1-3-4-11-31-22(27)14-26-23(28)21(33-24(26)29)13-16-9-10-19(20(12-16)30-2)32-15-17-7-5-6-8-18(17)25/h5-10,12-13H,3-4,11,14-15H2,1-2H3/b21-13+. The van der Waals surface area contributed by atoms with Crippen LogP contribution in [0.1, 0.15) is 30.9 Å². The molecule has 0 spiro atoms. The van der Waals surface area contributed by atoms with Crippen LogP contribution in [0.2, 0.25) is 0 Å².